The number of benzene rings is 6. The summed E-state index contributed by atoms with van der Waals surface area (Å²) < 4.78 is 118. The zero-order valence-corrected chi connectivity index (χ0v) is 47.0. The molecule has 0 saturated carbocycles. The van der Waals surface area contributed by atoms with E-state index in [1.165, 1.54) is 37.8 Å². The summed E-state index contributed by atoms with van der Waals surface area (Å²) in [5.74, 6) is 0.442. The van der Waals surface area contributed by atoms with E-state index < -0.39 is 32.6 Å². The van der Waals surface area contributed by atoms with Crippen molar-refractivity contribution in [1.29, 1.82) is 0 Å². The number of carbonyl (C=O) groups excluding carboxylic acids is 2. The lowest BCUT2D eigenvalue weighted by atomic mass is 9.98. The van der Waals surface area contributed by atoms with E-state index in [9.17, 15) is 39.6 Å². The van der Waals surface area contributed by atoms with Gasteiger partial charge in [-0.25, -0.2) is 30.0 Å². The summed E-state index contributed by atoms with van der Waals surface area (Å²) in [6, 6.07) is 30.6. The Morgan fingerprint density at radius 2 is 1.01 bits per heavy atom. The van der Waals surface area contributed by atoms with Crippen LogP contribution >= 0.6 is 0 Å². The Morgan fingerprint density at radius 1 is 0.593 bits per heavy atom. The molecule has 4 heterocycles. The first-order valence-corrected chi connectivity index (χ1v) is 29.6. The standard InChI is InChI=1S/C31H31F2N3O5S.C29H28FN3O5S/c1-4-36(42(3,38)39)29-25-16-22(15-20-5-9-23(33)10-6-20)17-34-28(25)30(27-26(29)18-35(14-13-32)31(27)37)41-19-21-7-11-24(40-2)12-8-21;1-4-33(39(3,35)36)27-23-14-20(13-18-5-9-21(30)10-6-18)15-31-26(23)28(25-24(27)16-32-29(25)34)38-17-19-7-11-22(37-2)12-8-19/h5-12,16-17H,4,13-15,18-19H2,1-3H3;5-12,14-15H,4,13,16-17H2,1-3H3,(H,32,34). The van der Waals surface area contributed by atoms with Crippen molar-refractivity contribution in [2.24, 2.45) is 0 Å². The van der Waals surface area contributed by atoms with Crippen molar-refractivity contribution in [3.8, 4) is 23.0 Å². The van der Waals surface area contributed by atoms with Crippen molar-refractivity contribution in [3.63, 3.8) is 0 Å². The van der Waals surface area contributed by atoms with Gasteiger partial charge in [0.2, 0.25) is 20.0 Å². The Bertz CT molecular complexity index is 3890. The highest BCUT2D eigenvalue weighted by molar-refractivity contribution is 7.92. The number of anilines is 2. The highest BCUT2D eigenvalue weighted by Gasteiger charge is 2.39. The Kier molecular flexibility index (Phi) is 17.0. The topological polar surface area (TPSA) is 187 Å². The predicted molar refractivity (Wildman–Crippen MR) is 304 cm³/mol. The van der Waals surface area contributed by atoms with Gasteiger partial charge in [0.15, 0.2) is 11.5 Å². The number of hydrogen-bond acceptors (Lipinski definition) is 12. The Morgan fingerprint density at radius 3 is 1.42 bits per heavy atom. The van der Waals surface area contributed by atoms with Crippen LogP contribution in [0.3, 0.4) is 0 Å². The maximum absolute atomic E-state index is 13.6. The maximum atomic E-state index is 13.6. The highest BCUT2D eigenvalue weighted by Crippen LogP contribution is 2.47. The van der Waals surface area contributed by atoms with Crippen LogP contribution in [0.1, 0.15) is 79.1 Å². The summed E-state index contributed by atoms with van der Waals surface area (Å²) in [6.07, 6.45) is 6.43. The molecule has 21 heteroatoms. The molecule has 81 heavy (non-hydrogen) atoms. The zero-order chi connectivity index (χ0) is 57.8. The molecule has 0 atom stereocenters. The number of rotatable bonds is 20. The van der Waals surface area contributed by atoms with Crippen LogP contribution < -0.4 is 32.9 Å². The summed E-state index contributed by atoms with van der Waals surface area (Å²) in [4.78, 5) is 37.4. The Balaban J connectivity index is 0.000000196. The van der Waals surface area contributed by atoms with Gasteiger partial charge < -0.3 is 29.2 Å². The van der Waals surface area contributed by atoms with Gasteiger partial charge in [0.05, 0.1) is 49.2 Å². The average molecular weight is 1150 g/mol. The van der Waals surface area contributed by atoms with E-state index in [1.54, 1.807) is 76.9 Å². The summed E-state index contributed by atoms with van der Waals surface area (Å²) in [5, 5.41) is 3.87. The highest BCUT2D eigenvalue weighted by atomic mass is 32.2. The minimum atomic E-state index is -3.77. The summed E-state index contributed by atoms with van der Waals surface area (Å²) in [5.41, 5.74) is 7.85. The fourth-order valence-corrected chi connectivity index (χ4v) is 12.2. The second-order valence-corrected chi connectivity index (χ2v) is 23.2. The number of hydrogen-bond donors (Lipinski definition) is 1. The molecule has 0 unspecified atom stereocenters. The summed E-state index contributed by atoms with van der Waals surface area (Å²) >= 11 is 0. The van der Waals surface area contributed by atoms with Crippen molar-refractivity contribution in [2.45, 2.75) is 53.0 Å². The fraction of sp³-hybridized carbons (Fsp3) is 0.267. The SMILES string of the molecule is CCN(c1c2c(c(OCc3ccc(OC)cc3)c3ncc(Cc4ccc(F)cc4)cc13)C(=O)N(CCF)C2)S(C)(=O)=O.CCN(c1c2c(c(OCc3ccc(OC)cc3)c3ncc(Cc4ccc(F)cc4)cc13)C(=O)NC2)S(C)(=O)=O. The molecule has 2 amide bonds. The number of alkyl halides is 1. The van der Waals surface area contributed by atoms with Crippen LogP contribution in [0.25, 0.3) is 21.8 Å². The molecular formula is C60H59F3N6O10S2. The first-order valence-electron chi connectivity index (χ1n) is 25.9. The third kappa shape index (κ3) is 12.3. The molecule has 0 bridgehead atoms. The van der Waals surface area contributed by atoms with Gasteiger partial charge in [-0.1, -0.05) is 48.5 Å². The molecule has 0 radical (unpaired) electrons. The maximum Gasteiger partial charge on any atom is 0.258 e. The molecule has 2 aromatic heterocycles. The van der Waals surface area contributed by atoms with E-state index >= 15 is 0 Å². The first kappa shape index (κ1) is 57.3. The number of nitrogens with one attached hydrogen (secondary N) is 1. The average Bonchev–Trinajstić information content (AvgIpc) is 4.13. The zero-order valence-electron chi connectivity index (χ0n) is 45.4. The Hall–Kier alpha value is -8.43. The molecule has 0 saturated heterocycles. The van der Waals surface area contributed by atoms with Crippen molar-refractivity contribution in [2.75, 3.05) is 61.7 Å². The van der Waals surface area contributed by atoms with Crippen LogP contribution in [0.5, 0.6) is 23.0 Å². The van der Waals surface area contributed by atoms with E-state index in [4.69, 9.17) is 23.9 Å². The van der Waals surface area contributed by atoms with Crippen molar-refractivity contribution < 1.29 is 58.5 Å². The number of pyridine rings is 2. The summed E-state index contributed by atoms with van der Waals surface area (Å²) in [7, 11) is -4.29. The molecule has 0 spiro atoms. The second kappa shape index (κ2) is 24.1. The molecule has 0 fully saturated rings. The van der Waals surface area contributed by atoms with Crippen molar-refractivity contribution >= 4 is 65.0 Å². The monoisotopic (exact) mass is 1140 g/mol. The normalized spacial score (nSPS) is 12.9. The van der Waals surface area contributed by atoms with Gasteiger partial charge in [-0.15, -0.1) is 0 Å². The number of sulfonamides is 2. The number of methoxy groups -OCH3 is 2. The van der Waals surface area contributed by atoms with Crippen molar-refractivity contribution in [3.05, 3.63) is 189 Å². The second-order valence-electron chi connectivity index (χ2n) is 19.4. The van der Waals surface area contributed by atoms with Gasteiger partial charge >= 0.3 is 0 Å². The van der Waals surface area contributed by atoms with E-state index in [1.807, 2.05) is 48.5 Å². The smallest absolute Gasteiger partial charge is 0.258 e. The molecule has 8 aromatic rings. The molecular weight excluding hydrogens is 1090 g/mol. The first-order chi connectivity index (χ1) is 38.8. The summed E-state index contributed by atoms with van der Waals surface area (Å²) in [6.45, 7) is 3.28. The Labute approximate surface area is 468 Å². The number of nitrogens with zero attached hydrogens (tertiary/aromatic N) is 5. The van der Waals surface area contributed by atoms with Gasteiger partial charge in [0.1, 0.15) is 54.1 Å². The molecule has 0 aliphatic carbocycles. The third-order valence-electron chi connectivity index (χ3n) is 13.9. The minimum Gasteiger partial charge on any atom is -0.497 e. The van der Waals surface area contributed by atoms with Gasteiger partial charge in [-0.2, -0.15) is 0 Å². The lowest BCUT2D eigenvalue weighted by Gasteiger charge is -2.26. The number of ether oxygens (including phenoxy) is 4. The van der Waals surface area contributed by atoms with Crippen LogP contribution in [0.15, 0.2) is 122 Å². The van der Waals surface area contributed by atoms with Gasteiger partial charge in [-0.05, 0) is 121 Å². The fourth-order valence-electron chi connectivity index (χ4n) is 10.2. The molecule has 16 nitrogen and oxygen atoms in total. The molecule has 2 aliphatic rings. The molecule has 1 N–H and O–H groups in total. The number of fused-ring (bicyclic) bond motifs is 4. The number of carbonyl (C=O) groups is 2. The van der Waals surface area contributed by atoms with Crippen LogP contribution in [-0.2, 0) is 59.2 Å². The van der Waals surface area contributed by atoms with E-state index in [0.29, 0.717) is 74.4 Å². The van der Waals surface area contributed by atoms with E-state index in [-0.39, 0.29) is 80.4 Å². The minimum absolute atomic E-state index is 0.0243. The number of aromatic nitrogens is 2. The lowest BCUT2D eigenvalue weighted by molar-refractivity contribution is 0.0764. The van der Waals surface area contributed by atoms with Crippen LogP contribution in [0.4, 0.5) is 24.5 Å². The predicted octanol–water partition coefficient (Wildman–Crippen LogP) is 9.85. The number of halogens is 3. The van der Waals surface area contributed by atoms with E-state index in [0.717, 1.165) is 45.9 Å². The molecule has 2 aliphatic heterocycles. The van der Waals surface area contributed by atoms with Gasteiger partial charge in [0.25, 0.3) is 11.8 Å². The quantitative estimate of drug-likeness (QED) is 0.0763. The van der Waals surface area contributed by atoms with Gasteiger partial charge in [0, 0.05) is 67.0 Å². The van der Waals surface area contributed by atoms with Crippen molar-refractivity contribution in [1.82, 2.24) is 20.2 Å². The van der Waals surface area contributed by atoms with Gasteiger partial charge in [-0.3, -0.25) is 28.2 Å². The largest absolute Gasteiger partial charge is 0.497 e. The number of amides is 2. The molecule has 6 aromatic carbocycles. The molecule has 10 rings (SSSR count). The molecule has 422 valence electrons. The lowest BCUT2D eigenvalue weighted by Crippen LogP contribution is -2.31. The van der Waals surface area contributed by atoms with Crippen LogP contribution in [0.2, 0.25) is 0 Å². The van der Waals surface area contributed by atoms with Crippen LogP contribution in [-0.4, -0.2) is 96.6 Å². The third-order valence-corrected chi connectivity index (χ3v) is 16.4. The van der Waals surface area contributed by atoms with E-state index in [2.05, 4.69) is 10.3 Å². The van der Waals surface area contributed by atoms with Crippen LogP contribution in [0, 0.1) is 11.6 Å².